The van der Waals surface area contributed by atoms with Gasteiger partial charge in [0.1, 0.15) is 0 Å². The Bertz CT molecular complexity index is 417. The Morgan fingerprint density at radius 1 is 1.28 bits per heavy atom. The molecule has 0 spiro atoms. The summed E-state index contributed by atoms with van der Waals surface area (Å²) >= 11 is 3.39. The zero-order valence-electron chi connectivity index (χ0n) is 11.0. The Labute approximate surface area is 117 Å². The number of hydrogen-bond donors (Lipinski definition) is 0. The van der Waals surface area contributed by atoms with Gasteiger partial charge in [-0.15, -0.1) is 0 Å². The predicted octanol–water partition coefficient (Wildman–Crippen LogP) is 3.88. The molecule has 0 atom stereocenters. The standard InChI is InChI=1S/C14H20BrNO2/c1-16(2)14(8-5-3-4-6-9-14)13(17)12-11(15)7-10-18-12/h7,10H,3-6,8-9H2,1-2H3. The summed E-state index contributed by atoms with van der Waals surface area (Å²) in [5.74, 6) is 0.580. The van der Waals surface area contributed by atoms with Crippen LogP contribution in [0, 0.1) is 0 Å². The number of carbonyl (C=O) groups is 1. The monoisotopic (exact) mass is 313 g/mol. The Morgan fingerprint density at radius 2 is 1.89 bits per heavy atom. The van der Waals surface area contributed by atoms with Crippen LogP contribution >= 0.6 is 15.9 Å². The van der Waals surface area contributed by atoms with Crippen LogP contribution in [-0.4, -0.2) is 30.3 Å². The smallest absolute Gasteiger partial charge is 0.219 e. The molecule has 1 aliphatic rings. The molecule has 2 rings (SSSR count). The summed E-state index contributed by atoms with van der Waals surface area (Å²) in [7, 11) is 4.00. The first-order valence-corrected chi connectivity index (χ1v) is 7.32. The Kier molecular flexibility index (Phi) is 4.28. The van der Waals surface area contributed by atoms with Gasteiger partial charge in [0.2, 0.25) is 5.78 Å². The lowest BCUT2D eigenvalue weighted by Crippen LogP contribution is -2.50. The Hall–Kier alpha value is -0.610. The van der Waals surface area contributed by atoms with Crippen molar-refractivity contribution in [2.45, 2.75) is 44.1 Å². The van der Waals surface area contributed by atoms with E-state index in [1.807, 2.05) is 14.1 Å². The van der Waals surface area contributed by atoms with E-state index >= 15 is 0 Å². The van der Waals surface area contributed by atoms with Crippen LogP contribution in [-0.2, 0) is 0 Å². The highest BCUT2D eigenvalue weighted by atomic mass is 79.9. The summed E-state index contributed by atoms with van der Waals surface area (Å²) in [5, 5.41) is 0. The maximum atomic E-state index is 12.8. The largest absolute Gasteiger partial charge is 0.460 e. The fourth-order valence-corrected chi connectivity index (χ4v) is 3.24. The molecular weight excluding hydrogens is 294 g/mol. The van der Waals surface area contributed by atoms with Gasteiger partial charge in [0.25, 0.3) is 0 Å². The molecule has 1 aliphatic carbocycles. The van der Waals surface area contributed by atoms with Gasteiger partial charge in [-0.3, -0.25) is 9.69 Å². The molecule has 0 bridgehead atoms. The average Bonchev–Trinajstić information content (AvgIpc) is 2.63. The number of nitrogens with zero attached hydrogens (tertiary/aromatic N) is 1. The predicted molar refractivity (Wildman–Crippen MR) is 74.9 cm³/mol. The molecular formula is C14H20BrNO2. The zero-order chi connectivity index (χ0) is 13.2. The van der Waals surface area contributed by atoms with E-state index in [4.69, 9.17) is 4.42 Å². The van der Waals surface area contributed by atoms with Crippen LogP contribution in [0.25, 0.3) is 0 Å². The van der Waals surface area contributed by atoms with Gasteiger partial charge >= 0.3 is 0 Å². The van der Waals surface area contributed by atoms with E-state index in [0.717, 1.165) is 30.2 Å². The normalized spacial score (nSPS) is 19.8. The molecule has 1 aromatic rings. The molecule has 0 radical (unpaired) electrons. The summed E-state index contributed by atoms with van der Waals surface area (Å²) in [6, 6.07) is 1.79. The summed E-state index contributed by atoms with van der Waals surface area (Å²) in [6.45, 7) is 0. The third-order valence-electron chi connectivity index (χ3n) is 4.03. The number of hydrogen-bond acceptors (Lipinski definition) is 3. The van der Waals surface area contributed by atoms with Gasteiger partial charge in [-0.1, -0.05) is 25.7 Å². The van der Waals surface area contributed by atoms with Crippen molar-refractivity contribution < 1.29 is 9.21 Å². The molecule has 0 saturated heterocycles. The molecule has 1 heterocycles. The van der Waals surface area contributed by atoms with Gasteiger partial charge in [-0.2, -0.15) is 0 Å². The van der Waals surface area contributed by atoms with Crippen LogP contribution in [0.1, 0.15) is 49.1 Å². The van der Waals surface area contributed by atoms with Crippen LogP contribution in [0.4, 0.5) is 0 Å². The maximum absolute atomic E-state index is 12.8. The zero-order valence-corrected chi connectivity index (χ0v) is 12.6. The lowest BCUT2D eigenvalue weighted by atomic mass is 9.83. The van der Waals surface area contributed by atoms with Gasteiger partial charge in [-0.05, 0) is 48.9 Å². The summed E-state index contributed by atoms with van der Waals surface area (Å²) in [4.78, 5) is 14.9. The molecule has 4 heteroatoms. The molecule has 0 aromatic carbocycles. The second-order valence-corrected chi connectivity index (χ2v) is 6.12. The molecule has 18 heavy (non-hydrogen) atoms. The molecule has 100 valence electrons. The van der Waals surface area contributed by atoms with Crippen molar-refractivity contribution in [1.29, 1.82) is 0 Å². The van der Waals surface area contributed by atoms with E-state index in [1.54, 1.807) is 12.3 Å². The van der Waals surface area contributed by atoms with E-state index in [0.29, 0.717) is 5.76 Å². The topological polar surface area (TPSA) is 33.5 Å². The van der Waals surface area contributed by atoms with Crippen LogP contribution in [0.5, 0.6) is 0 Å². The summed E-state index contributed by atoms with van der Waals surface area (Å²) < 4.78 is 6.13. The summed E-state index contributed by atoms with van der Waals surface area (Å²) in [6.07, 6.45) is 8.09. The molecule has 0 amide bonds. The number of rotatable bonds is 3. The minimum absolute atomic E-state index is 0.117. The van der Waals surface area contributed by atoms with Crippen molar-refractivity contribution in [3.63, 3.8) is 0 Å². The molecule has 3 nitrogen and oxygen atoms in total. The van der Waals surface area contributed by atoms with Gasteiger partial charge in [-0.25, -0.2) is 0 Å². The highest BCUT2D eigenvalue weighted by molar-refractivity contribution is 9.10. The summed E-state index contributed by atoms with van der Waals surface area (Å²) in [5.41, 5.74) is -0.392. The fourth-order valence-electron chi connectivity index (χ4n) is 2.86. The molecule has 0 unspecified atom stereocenters. The fraction of sp³-hybridized carbons (Fsp3) is 0.643. The van der Waals surface area contributed by atoms with Crippen molar-refractivity contribution in [2.24, 2.45) is 0 Å². The number of likely N-dealkylation sites (N-methyl/N-ethyl adjacent to an activating group) is 1. The Balaban J connectivity index is 2.35. The Morgan fingerprint density at radius 3 is 2.33 bits per heavy atom. The number of ketones is 1. The van der Waals surface area contributed by atoms with Crippen molar-refractivity contribution in [2.75, 3.05) is 14.1 Å². The van der Waals surface area contributed by atoms with Gasteiger partial charge in [0, 0.05) is 0 Å². The first kappa shape index (κ1) is 13.8. The third kappa shape index (κ3) is 2.41. The SMILES string of the molecule is CN(C)C1(C(=O)c2occc2Br)CCCCCC1. The van der Waals surface area contributed by atoms with Crippen LogP contribution in [0.2, 0.25) is 0 Å². The van der Waals surface area contributed by atoms with Gasteiger partial charge < -0.3 is 4.42 Å². The van der Waals surface area contributed by atoms with E-state index in [-0.39, 0.29) is 5.78 Å². The lowest BCUT2D eigenvalue weighted by molar-refractivity contribution is 0.0603. The third-order valence-corrected chi connectivity index (χ3v) is 4.66. The minimum atomic E-state index is -0.392. The number of halogens is 1. The first-order chi connectivity index (χ1) is 8.58. The van der Waals surface area contributed by atoms with E-state index in [9.17, 15) is 4.79 Å². The lowest BCUT2D eigenvalue weighted by Gasteiger charge is -2.37. The number of Topliss-reactive ketones (excluding diaryl/α,β-unsaturated/α-hetero) is 1. The highest BCUT2D eigenvalue weighted by Gasteiger charge is 2.42. The second kappa shape index (κ2) is 5.57. The number of carbonyl (C=O) groups excluding carboxylic acids is 1. The van der Waals surface area contributed by atoms with Crippen LogP contribution in [0.15, 0.2) is 21.2 Å². The molecule has 1 aromatic heterocycles. The van der Waals surface area contributed by atoms with Gasteiger partial charge in [0.05, 0.1) is 16.3 Å². The molecule has 0 N–H and O–H groups in total. The minimum Gasteiger partial charge on any atom is -0.460 e. The van der Waals surface area contributed by atoms with E-state index in [1.165, 1.54) is 12.8 Å². The van der Waals surface area contributed by atoms with Crippen LogP contribution in [0.3, 0.4) is 0 Å². The second-order valence-electron chi connectivity index (χ2n) is 5.27. The van der Waals surface area contributed by atoms with Crippen molar-refractivity contribution in [3.05, 3.63) is 22.6 Å². The maximum Gasteiger partial charge on any atom is 0.219 e. The molecule has 1 fully saturated rings. The van der Waals surface area contributed by atoms with Crippen LogP contribution < -0.4 is 0 Å². The van der Waals surface area contributed by atoms with Gasteiger partial charge in [0.15, 0.2) is 5.76 Å². The highest BCUT2D eigenvalue weighted by Crippen LogP contribution is 2.35. The molecule has 1 saturated carbocycles. The molecule has 0 aliphatic heterocycles. The van der Waals surface area contributed by atoms with E-state index in [2.05, 4.69) is 20.8 Å². The van der Waals surface area contributed by atoms with Crippen molar-refractivity contribution in [1.82, 2.24) is 4.90 Å². The van der Waals surface area contributed by atoms with Crippen molar-refractivity contribution >= 4 is 21.7 Å². The van der Waals surface area contributed by atoms with Crippen molar-refractivity contribution in [3.8, 4) is 0 Å². The number of furan rings is 1. The average molecular weight is 314 g/mol. The first-order valence-electron chi connectivity index (χ1n) is 6.53. The van der Waals surface area contributed by atoms with E-state index < -0.39 is 5.54 Å². The quantitative estimate of drug-likeness (QED) is 0.627.